The van der Waals surface area contributed by atoms with Gasteiger partial charge in [0.2, 0.25) is 0 Å². The van der Waals surface area contributed by atoms with Crippen molar-refractivity contribution in [2.75, 3.05) is 7.11 Å². The molecule has 4 rings (SSSR count). The number of esters is 1. The van der Waals surface area contributed by atoms with Crippen molar-refractivity contribution < 1.29 is 9.53 Å². The number of hydrogen-bond donors (Lipinski definition) is 0. The summed E-state index contributed by atoms with van der Waals surface area (Å²) in [6.07, 6.45) is 6.95. The van der Waals surface area contributed by atoms with Crippen molar-refractivity contribution >= 4 is 17.6 Å². The third-order valence-corrected chi connectivity index (χ3v) is 5.51. The molecular formula is C13H19ClO2. The van der Waals surface area contributed by atoms with Crippen molar-refractivity contribution in [3.63, 3.8) is 0 Å². The summed E-state index contributed by atoms with van der Waals surface area (Å²) in [5, 5.41) is 0. The Bertz CT molecular complexity index is 301. The lowest BCUT2D eigenvalue weighted by Gasteiger charge is -2.43. The Morgan fingerprint density at radius 3 is 2.25 bits per heavy atom. The average molecular weight is 243 g/mol. The summed E-state index contributed by atoms with van der Waals surface area (Å²) >= 11 is 6.77. The molecule has 3 heteroatoms. The second-order valence-electron chi connectivity index (χ2n) is 6.06. The van der Waals surface area contributed by atoms with E-state index in [0.717, 1.165) is 37.0 Å². The van der Waals surface area contributed by atoms with E-state index in [-0.39, 0.29) is 16.8 Å². The lowest BCUT2D eigenvalue weighted by molar-refractivity contribution is -0.147. The lowest BCUT2D eigenvalue weighted by Crippen LogP contribution is -2.42. The molecule has 0 aromatic carbocycles. The maximum Gasteiger partial charge on any atom is 0.310 e. The zero-order chi connectivity index (χ0) is 11.3. The van der Waals surface area contributed by atoms with Crippen molar-refractivity contribution in [3.05, 3.63) is 0 Å². The molecule has 5 atom stereocenters. The van der Waals surface area contributed by atoms with Gasteiger partial charge in [0.25, 0.3) is 0 Å². The summed E-state index contributed by atoms with van der Waals surface area (Å²) in [6.45, 7) is 0. The molecule has 4 aliphatic carbocycles. The summed E-state index contributed by atoms with van der Waals surface area (Å²) in [5.41, 5.74) is 0. The molecule has 2 nitrogen and oxygen atoms in total. The lowest BCUT2D eigenvalue weighted by atomic mass is 9.67. The number of halogens is 1. The quantitative estimate of drug-likeness (QED) is 0.522. The molecule has 4 bridgehead atoms. The van der Waals surface area contributed by atoms with E-state index in [9.17, 15) is 4.79 Å². The average Bonchev–Trinajstić information content (AvgIpc) is 2.37. The molecule has 3 unspecified atom stereocenters. The van der Waals surface area contributed by atoms with Crippen molar-refractivity contribution in [3.8, 4) is 0 Å². The van der Waals surface area contributed by atoms with Crippen LogP contribution in [-0.2, 0) is 9.53 Å². The van der Waals surface area contributed by atoms with Crippen LogP contribution < -0.4 is 0 Å². The third-order valence-electron chi connectivity index (χ3n) is 4.94. The molecule has 0 N–H and O–H groups in total. The predicted molar refractivity (Wildman–Crippen MR) is 62.3 cm³/mol. The first-order chi connectivity index (χ1) is 7.60. The Balaban J connectivity index is 1.93. The normalized spacial score (nSPS) is 50.1. The highest BCUT2D eigenvalue weighted by molar-refractivity contribution is 6.25. The van der Waals surface area contributed by atoms with Gasteiger partial charge in [0.05, 0.1) is 17.9 Å². The number of carbonyl (C=O) groups excluding carboxylic acids is 1. The van der Waals surface area contributed by atoms with Gasteiger partial charge in [-0.2, -0.15) is 0 Å². The number of ether oxygens (including phenoxy) is 1. The number of alkyl halides is 1. The van der Waals surface area contributed by atoms with Gasteiger partial charge in [-0.15, -0.1) is 11.6 Å². The van der Waals surface area contributed by atoms with Crippen LogP contribution >= 0.6 is 11.6 Å². The van der Waals surface area contributed by atoms with Crippen LogP contribution in [0.5, 0.6) is 0 Å². The molecule has 0 aromatic heterocycles. The fourth-order valence-corrected chi connectivity index (χ4v) is 5.17. The highest BCUT2D eigenvalue weighted by Crippen LogP contribution is 2.57. The minimum absolute atomic E-state index is 0.0560. The second kappa shape index (κ2) is 3.63. The van der Waals surface area contributed by atoms with Gasteiger partial charge in [-0.1, -0.05) is 0 Å². The van der Waals surface area contributed by atoms with E-state index in [1.165, 1.54) is 26.4 Å². The first kappa shape index (κ1) is 10.9. The molecule has 16 heavy (non-hydrogen) atoms. The minimum atomic E-state index is -0.286. The molecule has 4 fully saturated rings. The molecular weight excluding hydrogens is 224 g/mol. The Labute approximate surface area is 102 Å². The SMILES string of the molecule is COC(=O)C1CC2C[C@@H]3C[C@H](C2)CC1(Cl)C3. The van der Waals surface area contributed by atoms with Crippen molar-refractivity contribution in [1.82, 2.24) is 0 Å². The van der Waals surface area contributed by atoms with Crippen LogP contribution in [0.15, 0.2) is 0 Å². The largest absolute Gasteiger partial charge is 0.469 e. The Morgan fingerprint density at radius 1 is 1.12 bits per heavy atom. The molecule has 0 amide bonds. The van der Waals surface area contributed by atoms with Crippen LogP contribution in [0.2, 0.25) is 0 Å². The van der Waals surface area contributed by atoms with Gasteiger partial charge in [0.1, 0.15) is 0 Å². The molecule has 0 spiro atoms. The van der Waals surface area contributed by atoms with Crippen LogP contribution in [0.1, 0.15) is 38.5 Å². The topological polar surface area (TPSA) is 26.3 Å². The highest BCUT2D eigenvalue weighted by atomic mass is 35.5. The maximum atomic E-state index is 11.9. The summed E-state index contributed by atoms with van der Waals surface area (Å²) < 4.78 is 4.95. The summed E-state index contributed by atoms with van der Waals surface area (Å²) in [7, 11) is 1.48. The standard InChI is InChI=1S/C13H19ClO2/c1-16-12(15)11-5-8-2-9-4-10(3-8)7-13(11,14)6-9/h8-11H,2-7H2,1H3/t8?,9-,10+,11?,13?. The smallest absolute Gasteiger partial charge is 0.310 e. The van der Waals surface area contributed by atoms with Gasteiger partial charge in [-0.3, -0.25) is 4.79 Å². The zero-order valence-electron chi connectivity index (χ0n) is 9.75. The molecule has 4 aliphatic rings. The van der Waals surface area contributed by atoms with E-state index in [1.54, 1.807) is 0 Å². The highest BCUT2D eigenvalue weighted by Gasteiger charge is 2.54. The van der Waals surface area contributed by atoms with E-state index < -0.39 is 0 Å². The molecule has 0 aliphatic heterocycles. The maximum absolute atomic E-state index is 11.9. The number of carbonyl (C=O) groups is 1. The number of rotatable bonds is 1. The van der Waals surface area contributed by atoms with E-state index >= 15 is 0 Å². The van der Waals surface area contributed by atoms with Crippen molar-refractivity contribution in [2.45, 2.75) is 43.4 Å². The van der Waals surface area contributed by atoms with E-state index in [0.29, 0.717) is 0 Å². The second-order valence-corrected chi connectivity index (χ2v) is 6.81. The van der Waals surface area contributed by atoms with Crippen molar-refractivity contribution in [2.24, 2.45) is 23.7 Å². The summed E-state index contributed by atoms with van der Waals surface area (Å²) in [4.78, 5) is 11.6. The first-order valence-corrected chi connectivity index (χ1v) is 6.75. The molecule has 0 saturated heterocycles. The minimum Gasteiger partial charge on any atom is -0.469 e. The van der Waals surface area contributed by atoms with Gasteiger partial charge < -0.3 is 4.74 Å². The van der Waals surface area contributed by atoms with Gasteiger partial charge in [0.15, 0.2) is 0 Å². The van der Waals surface area contributed by atoms with E-state index in [1.807, 2.05) is 0 Å². The Morgan fingerprint density at radius 2 is 1.69 bits per heavy atom. The van der Waals surface area contributed by atoms with Crippen LogP contribution in [0.3, 0.4) is 0 Å². The monoisotopic (exact) mass is 242 g/mol. The fourth-order valence-electron chi connectivity index (χ4n) is 4.55. The molecule has 0 radical (unpaired) electrons. The summed E-state index contributed by atoms with van der Waals surface area (Å²) in [6, 6.07) is 0. The third kappa shape index (κ3) is 1.57. The molecule has 90 valence electrons. The Kier molecular flexibility index (Phi) is 2.47. The van der Waals surface area contributed by atoms with Crippen LogP contribution in [0, 0.1) is 23.7 Å². The summed E-state index contributed by atoms with van der Waals surface area (Å²) in [5.74, 6) is 2.12. The van der Waals surface area contributed by atoms with Gasteiger partial charge in [-0.05, 0) is 56.3 Å². The predicted octanol–water partition coefficient (Wildman–Crippen LogP) is 2.98. The molecule has 0 heterocycles. The number of hydrogen-bond acceptors (Lipinski definition) is 2. The Hall–Kier alpha value is -0.240. The first-order valence-electron chi connectivity index (χ1n) is 6.37. The van der Waals surface area contributed by atoms with E-state index in [2.05, 4.69) is 0 Å². The van der Waals surface area contributed by atoms with Gasteiger partial charge >= 0.3 is 5.97 Å². The van der Waals surface area contributed by atoms with Crippen LogP contribution in [0.25, 0.3) is 0 Å². The molecule has 0 aromatic rings. The zero-order valence-corrected chi connectivity index (χ0v) is 10.5. The molecule has 4 saturated carbocycles. The fraction of sp³-hybridized carbons (Fsp3) is 0.923. The number of fused-ring (bicyclic) bond motifs is 1. The number of methoxy groups -OCH3 is 1. The van der Waals surface area contributed by atoms with Gasteiger partial charge in [-0.25, -0.2) is 0 Å². The van der Waals surface area contributed by atoms with E-state index in [4.69, 9.17) is 16.3 Å². The van der Waals surface area contributed by atoms with Gasteiger partial charge in [0, 0.05) is 0 Å². The van der Waals surface area contributed by atoms with Crippen LogP contribution in [0.4, 0.5) is 0 Å². The van der Waals surface area contributed by atoms with Crippen molar-refractivity contribution in [1.29, 1.82) is 0 Å². The van der Waals surface area contributed by atoms with Crippen LogP contribution in [-0.4, -0.2) is 18.0 Å².